The van der Waals surface area contributed by atoms with E-state index < -0.39 is 0 Å². The minimum atomic E-state index is -0.302. The first-order valence-corrected chi connectivity index (χ1v) is 10.1. The fourth-order valence-electron chi connectivity index (χ4n) is 3.49. The molecule has 0 bridgehead atoms. The van der Waals surface area contributed by atoms with Crippen molar-refractivity contribution in [2.24, 2.45) is 0 Å². The molecular weight excluding hydrogens is 363 g/mol. The van der Waals surface area contributed by atoms with E-state index in [1.54, 1.807) is 17.8 Å². The number of thioether (sulfide) groups is 1. The first-order valence-electron chi connectivity index (χ1n) is 9.10. The van der Waals surface area contributed by atoms with Crippen molar-refractivity contribution < 1.29 is 9.18 Å². The number of hydrogen-bond donors (Lipinski definition) is 2. The molecule has 1 atom stereocenters. The van der Waals surface area contributed by atoms with Gasteiger partial charge in [-0.3, -0.25) is 0 Å². The summed E-state index contributed by atoms with van der Waals surface area (Å²) in [7, 11) is 0. The number of benzene rings is 2. The number of nitrogens with zero attached hydrogens (tertiary/aromatic N) is 2. The summed E-state index contributed by atoms with van der Waals surface area (Å²) >= 11 is 1.70. The number of aromatic amines is 1. The van der Waals surface area contributed by atoms with Crippen molar-refractivity contribution in [2.45, 2.75) is 30.7 Å². The van der Waals surface area contributed by atoms with Crippen molar-refractivity contribution >= 4 is 34.5 Å². The Labute approximate surface area is 161 Å². The second-order valence-electron chi connectivity index (χ2n) is 6.49. The normalized spacial score (nSPS) is 16.8. The summed E-state index contributed by atoms with van der Waals surface area (Å²) in [5.74, 6) is 1.35. The largest absolute Gasteiger partial charge is 0.340 e. The van der Waals surface area contributed by atoms with Crippen LogP contribution >= 0.6 is 11.8 Å². The van der Waals surface area contributed by atoms with E-state index in [0.29, 0.717) is 23.4 Å². The summed E-state index contributed by atoms with van der Waals surface area (Å²) in [4.78, 5) is 23.6. The van der Waals surface area contributed by atoms with Gasteiger partial charge in [-0.05, 0) is 48.9 Å². The summed E-state index contributed by atoms with van der Waals surface area (Å²) in [6.45, 7) is 2.76. The number of carbonyl (C=O) groups excluding carboxylic acids is 1. The third-order valence-electron chi connectivity index (χ3n) is 4.72. The lowest BCUT2D eigenvalue weighted by Crippen LogP contribution is -2.35. The highest BCUT2D eigenvalue weighted by atomic mass is 32.2. The van der Waals surface area contributed by atoms with Crippen LogP contribution < -0.4 is 5.32 Å². The number of anilines is 1. The molecule has 1 saturated heterocycles. The molecule has 27 heavy (non-hydrogen) atoms. The van der Waals surface area contributed by atoms with Gasteiger partial charge < -0.3 is 15.2 Å². The molecule has 1 aliphatic heterocycles. The second kappa shape index (κ2) is 7.60. The molecule has 0 unspecified atom stereocenters. The van der Waals surface area contributed by atoms with E-state index >= 15 is 0 Å². The third kappa shape index (κ3) is 3.64. The van der Waals surface area contributed by atoms with Gasteiger partial charge in [0.05, 0.1) is 22.8 Å². The number of fused-ring (bicyclic) bond motifs is 1. The lowest BCUT2D eigenvalue weighted by Gasteiger charge is -2.24. The lowest BCUT2D eigenvalue weighted by molar-refractivity contribution is 0.205. The number of amides is 2. The van der Waals surface area contributed by atoms with E-state index in [2.05, 4.69) is 22.2 Å². The van der Waals surface area contributed by atoms with E-state index in [9.17, 15) is 9.18 Å². The molecule has 0 spiro atoms. The Morgan fingerprint density at radius 2 is 2.22 bits per heavy atom. The molecule has 4 rings (SSSR count). The zero-order valence-electron chi connectivity index (χ0n) is 15.0. The summed E-state index contributed by atoms with van der Waals surface area (Å²) in [5, 5.41) is 3.04. The molecule has 2 N–H and O–H groups in total. The number of aromatic nitrogens is 2. The minimum absolute atomic E-state index is 0.131. The van der Waals surface area contributed by atoms with Gasteiger partial charge in [-0.25, -0.2) is 14.2 Å². The molecule has 5 nitrogen and oxygen atoms in total. The van der Waals surface area contributed by atoms with Gasteiger partial charge in [0.15, 0.2) is 0 Å². The third-order valence-corrected chi connectivity index (χ3v) is 5.68. The fourth-order valence-corrected chi connectivity index (χ4v) is 4.25. The van der Waals surface area contributed by atoms with Gasteiger partial charge in [0.2, 0.25) is 0 Å². The van der Waals surface area contributed by atoms with Crippen molar-refractivity contribution in [2.75, 3.05) is 17.6 Å². The Balaban J connectivity index is 1.56. The maximum Gasteiger partial charge on any atom is 0.322 e. The number of H-pyrrole nitrogens is 1. The van der Waals surface area contributed by atoms with Crippen LogP contribution in [0.2, 0.25) is 0 Å². The minimum Gasteiger partial charge on any atom is -0.340 e. The molecule has 2 amide bonds. The molecule has 1 aromatic heterocycles. The zero-order chi connectivity index (χ0) is 18.8. The fraction of sp³-hybridized carbons (Fsp3) is 0.300. The predicted molar refractivity (Wildman–Crippen MR) is 107 cm³/mol. The van der Waals surface area contributed by atoms with Crippen molar-refractivity contribution in [1.29, 1.82) is 0 Å². The Bertz CT molecular complexity index is 974. The summed E-state index contributed by atoms with van der Waals surface area (Å²) < 4.78 is 13.4. The number of hydrogen-bond acceptors (Lipinski definition) is 3. The van der Waals surface area contributed by atoms with Crippen LogP contribution in [0.1, 0.15) is 31.6 Å². The Morgan fingerprint density at radius 3 is 3.07 bits per heavy atom. The van der Waals surface area contributed by atoms with E-state index in [-0.39, 0.29) is 17.9 Å². The second-order valence-corrected chi connectivity index (χ2v) is 7.80. The average molecular weight is 384 g/mol. The molecule has 140 valence electrons. The molecule has 1 aliphatic rings. The lowest BCUT2D eigenvalue weighted by atomic mass is 10.2. The SMILES string of the molecule is CCSc1ccccc1NC(=O)N1CCC[C@@H]1c1nc2ccc(F)cc2[nH]1. The zero-order valence-corrected chi connectivity index (χ0v) is 15.9. The van der Waals surface area contributed by atoms with E-state index in [0.717, 1.165) is 29.2 Å². The Morgan fingerprint density at radius 1 is 1.37 bits per heavy atom. The van der Waals surface area contributed by atoms with Gasteiger partial charge in [0, 0.05) is 11.4 Å². The van der Waals surface area contributed by atoms with Crippen molar-refractivity contribution in [3.8, 4) is 0 Å². The highest BCUT2D eigenvalue weighted by Crippen LogP contribution is 2.33. The Hall–Kier alpha value is -2.54. The van der Waals surface area contributed by atoms with Crippen LogP contribution in [-0.4, -0.2) is 33.2 Å². The van der Waals surface area contributed by atoms with Crippen LogP contribution in [0.15, 0.2) is 47.4 Å². The molecule has 1 fully saturated rings. The first kappa shape index (κ1) is 17.9. The standard InChI is InChI=1S/C20H21FN4OS/c1-2-27-18-8-4-3-6-15(18)24-20(26)25-11-5-7-17(25)19-22-14-10-9-13(21)12-16(14)23-19/h3-4,6,8-10,12,17H,2,5,7,11H2,1H3,(H,22,23)(H,24,26)/t17-/m1/s1. The number of halogens is 1. The van der Waals surface area contributed by atoms with Crippen LogP contribution in [0.4, 0.5) is 14.9 Å². The smallest absolute Gasteiger partial charge is 0.322 e. The highest BCUT2D eigenvalue weighted by molar-refractivity contribution is 7.99. The maximum atomic E-state index is 13.4. The van der Waals surface area contributed by atoms with Gasteiger partial charge in [0.25, 0.3) is 0 Å². The quantitative estimate of drug-likeness (QED) is 0.609. The van der Waals surface area contributed by atoms with Crippen LogP contribution in [0, 0.1) is 5.82 Å². The number of nitrogens with one attached hydrogen (secondary N) is 2. The van der Waals surface area contributed by atoms with Gasteiger partial charge in [-0.2, -0.15) is 0 Å². The maximum absolute atomic E-state index is 13.4. The molecule has 3 aromatic rings. The molecule has 7 heteroatoms. The number of likely N-dealkylation sites (tertiary alicyclic amines) is 1. The predicted octanol–water partition coefficient (Wildman–Crippen LogP) is 5.18. The first-order chi connectivity index (χ1) is 13.2. The number of carbonyl (C=O) groups is 1. The topological polar surface area (TPSA) is 61.0 Å². The molecular formula is C20H21FN4OS. The monoisotopic (exact) mass is 384 g/mol. The Kier molecular flexibility index (Phi) is 5.03. The summed E-state index contributed by atoms with van der Waals surface area (Å²) in [6.07, 6.45) is 1.75. The van der Waals surface area contributed by atoms with E-state index in [1.165, 1.54) is 12.1 Å². The molecule has 2 aromatic carbocycles. The number of para-hydroxylation sites is 1. The number of rotatable bonds is 4. The summed E-state index contributed by atoms with van der Waals surface area (Å²) in [6, 6.07) is 12.0. The number of urea groups is 1. The van der Waals surface area contributed by atoms with E-state index in [1.807, 2.05) is 29.2 Å². The number of imidazole rings is 1. The van der Waals surface area contributed by atoms with Crippen LogP contribution in [-0.2, 0) is 0 Å². The van der Waals surface area contributed by atoms with E-state index in [4.69, 9.17) is 0 Å². The van der Waals surface area contributed by atoms with Gasteiger partial charge in [-0.15, -0.1) is 11.8 Å². The van der Waals surface area contributed by atoms with Gasteiger partial charge >= 0.3 is 6.03 Å². The van der Waals surface area contributed by atoms with Crippen molar-refractivity contribution in [3.63, 3.8) is 0 Å². The van der Waals surface area contributed by atoms with Crippen molar-refractivity contribution in [3.05, 3.63) is 54.1 Å². The molecule has 0 saturated carbocycles. The van der Waals surface area contributed by atoms with Gasteiger partial charge in [-0.1, -0.05) is 19.1 Å². The van der Waals surface area contributed by atoms with Crippen LogP contribution in [0.5, 0.6) is 0 Å². The van der Waals surface area contributed by atoms with Gasteiger partial charge in [0.1, 0.15) is 11.6 Å². The molecule has 0 radical (unpaired) electrons. The molecule has 0 aliphatic carbocycles. The van der Waals surface area contributed by atoms with Crippen molar-refractivity contribution in [1.82, 2.24) is 14.9 Å². The highest BCUT2D eigenvalue weighted by Gasteiger charge is 2.32. The molecule has 2 heterocycles. The summed E-state index contributed by atoms with van der Waals surface area (Å²) in [5.41, 5.74) is 2.19. The van der Waals surface area contributed by atoms with Crippen LogP contribution in [0.25, 0.3) is 11.0 Å². The average Bonchev–Trinajstić information content (AvgIpc) is 3.29. The van der Waals surface area contributed by atoms with Crippen LogP contribution in [0.3, 0.4) is 0 Å².